The number of carbonyl (C=O) groups is 3. The molecule has 2 aromatic carbocycles. The molecule has 2 heterocycles. The Balaban J connectivity index is 1.63. The number of amides is 3. The molecule has 0 spiro atoms. The molecule has 0 fully saturated rings. The van der Waals surface area contributed by atoms with Crippen LogP contribution >= 0.6 is 0 Å². The Hall–Kier alpha value is -3.88. The summed E-state index contributed by atoms with van der Waals surface area (Å²) >= 11 is 0. The first-order valence-electron chi connectivity index (χ1n) is 8.62. The molecule has 29 heavy (non-hydrogen) atoms. The third kappa shape index (κ3) is 3.16. The standard InChI is InChI=1S/C20H14F2N4O3/c1-11(27)23-16-7-6-15(21)14(18(16)22)10-25-9-8-17(24-25)26-19(28)12-4-2-3-5-13(12)20(26)29/h2-9H,10H2,1H3,(H,23,27). The number of aromatic nitrogens is 2. The van der Waals surface area contributed by atoms with Gasteiger partial charge in [-0.25, -0.2) is 13.7 Å². The van der Waals surface area contributed by atoms with Crippen molar-refractivity contribution in [2.45, 2.75) is 13.5 Å². The number of benzene rings is 2. The minimum atomic E-state index is -0.919. The summed E-state index contributed by atoms with van der Waals surface area (Å²) in [4.78, 5) is 37.1. The fourth-order valence-electron chi connectivity index (χ4n) is 3.15. The van der Waals surface area contributed by atoms with Crippen LogP contribution in [0.2, 0.25) is 0 Å². The van der Waals surface area contributed by atoms with E-state index in [1.165, 1.54) is 23.9 Å². The van der Waals surface area contributed by atoms with Gasteiger partial charge in [0.05, 0.1) is 23.4 Å². The second-order valence-electron chi connectivity index (χ2n) is 6.43. The van der Waals surface area contributed by atoms with E-state index in [1.807, 2.05) is 0 Å². The highest BCUT2D eigenvalue weighted by atomic mass is 19.1. The van der Waals surface area contributed by atoms with Crippen molar-refractivity contribution in [1.82, 2.24) is 9.78 Å². The molecule has 146 valence electrons. The van der Waals surface area contributed by atoms with E-state index in [-0.39, 0.29) is 34.7 Å². The number of hydrogen-bond acceptors (Lipinski definition) is 4. The maximum absolute atomic E-state index is 14.6. The van der Waals surface area contributed by atoms with E-state index in [1.54, 1.807) is 24.3 Å². The average molecular weight is 396 g/mol. The van der Waals surface area contributed by atoms with Gasteiger partial charge in [-0.2, -0.15) is 5.10 Å². The van der Waals surface area contributed by atoms with E-state index < -0.39 is 29.4 Å². The molecule has 3 amide bonds. The largest absolute Gasteiger partial charge is 0.324 e. The zero-order chi connectivity index (χ0) is 20.7. The van der Waals surface area contributed by atoms with Crippen LogP contribution in [0.25, 0.3) is 0 Å². The molecule has 3 aromatic rings. The third-order valence-corrected chi connectivity index (χ3v) is 4.47. The molecule has 1 aliphatic rings. The molecule has 0 atom stereocenters. The molecular formula is C20H14F2N4O3. The van der Waals surface area contributed by atoms with Gasteiger partial charge >= 0.3 is 0 Å². The van der Waals surface area contributed by atoms with Gasteiger partial charge in [-0.15, -0.1) is 0 Å². The van der Waals surface area contributed by atoms with E-state index in [9.17, 15) is 23.2 Å². The number of imide groups is 1. The fraction of sp³-hybridized carbons (Fsp3) is 0.100. The van der Waals surface area contributed by atoms with Crippen molar-refractivity contribution in [1.29, 1.82) is 0 Å². The number of rotatable bonds is 4. The predicted octanol–water partition coefficient (Wildman–Crippen LogP) is 2.97. The number of carbonyl (C=O) groups excluding carboxylic acids is 3. The van der Waals surface area contributed by atoms with Crippen molar-refractivity contribution in [2.24, 2.45) is 0 Å². The summed E-state index contributed by atoms with van der Waals surface area (Å²) in [7, 11) is 0. The summed E-state index contributed by atoms with van der Waals surface area (Å²) in [6.07, 6.45) is 1.41. The Morgan fingerprint density at radius 1 is 1.03 bits per heavy atom. The maximum Gasteiger partial charge on any atom is 0.267 e. The Kier molecular flexibility index (Phi) is 4.42. The quantitative estimate of drug-likeness (QED) is 0.688. The summed E-state index contributed by atoms with van der Waals surface area (Å²) in [5.74, 6) is -3.20. The SMILES string of the molecule is CC(=O)Nc1ccc(F)c(Cn2ccc(N3C(=O)c4ccccc4C3=O)n2)c1F. The third-order valence-electron chi connectivity index (χ3n) is 4.47. The van der Waals surface area contributed by atoms with E-state index in [2.05, 4.69) is 10.4 Å². The number of nitrogens with one attached hydrogen (secondary N) is 1. The molecule has 7 nitrogen and oxygen atoms in total. The highest BCUT2D eigenvalue weighted by Crippen LogP contribution is 2.27. The van der Waals surface area contributed by atoms with Crippen LogP contribution in [0.4, 0.5) is 20.3 Å². The molecule has 0 bridgehead atoms. The van der Waals surface area contributed by atoms with Crippen LogP contribution in [0.15, 0.2) is 48.7 Å². The van der Waals surface area contributed by atoms with Gasteiger partial charge in [0, 0.05) is 24.8 Å². The van der Waals surface area contributed by atoms with Gasteiger partial charge in [-0.3, -0.25) is 19.1 Å². The molecule has 0 saturated heterocycles. The van der Waals surface area contributed by atoms with Crippen molar-refractivity contribution in [3.8, 4) is 0 Å². The lowest BCUT2D eigenvalue weighted by Crippen LogP contribution is -2.30. The Bertz CT molecular complexity index is 1140. The summed E-state index contributed by atoms with van der Waals surface area (Å²) in [5, 5.41) is 6.41. The van der Waals surface area contributed by atoms with Crippen LogP contribution in [-0.2, 0) is 11.3 Å². The molecule has 9 heteroatoms. The maximum atomic E-state index is 14.6. The molecule has 4 rings (SSSR count). The lowest BCUT2D eigenvalue weighted by molar-refractivity contribution is -0.114. The molecule has 0 aliphatic carbocycles. The Morgan fingerprint density at radius 2 is 1.69 bits per heavy atom. The van der Waals surface area contributed by atoms with Gasteiger partial charge < -0.3 is 5.32 Å². The fourth-order valence-corrected chi connectivity index (χ4v) is 3.15. The summed E-state index contributed by atoms with van der Waals surface area (Å²) in [5.41, 5.74) is 0.0779. The van der Waals surface area contributed by atoms with Crippen LogP contribution in [0, 0.1) is 11.6 Å². The zero-order valence-electron chi connectivity index (χ0n) is 15.1. The minimum absolute atomic E-state index is 0.0510. The predicted molar refractivity (Wildman–Crippen MR) is 99.6 cm³/mol. The Labute approximate surface area is 163 Å². The van der Waals surface area contributed by atoms with E-state index in [4.69, 9.17) is 0 Å². The van der Waals surface area contributed by atoms with Gasteiger partial charge in [0.2, 0.25) is 5.91 Å². The van der Waals surface area contributed by atoms with Gasteiger partial charge in [0.15, 0.2) is 11.6 Å². The highest BCUT2D eigenvalue weighted by Gasteiger charge is 2.37. The summed E-state index contributed by atoms with van der Waals surface area (Å²) in [6.45, 7) is 0.915. The number of anilines is 2. The average Bonchev–Trinajstić information content (AvgIpc) is 3.24. The van der Waals surface area contributed by atoms with Crippen molar-refractivity contribution >= 4 is 29.2 Å². The van der Waals surface area contributed by atoms with Gasteiger partial charge in [-0.05, 0) is 24.3 Å². The molecule has 0 saturated carbocycles. The molecule has 1 aromatic heterocycles. The normalized spacial score (nSPS) is 13.0. The van der Waals surface area contributed by atoms with Crippen molar-refractivity contribution in [3.05, 3.63) is 77.0 Å². The van der Waals surface area contributed by atoms with Gasteiger partial charge in [0.1, 0.15) is 5.82 Å². The summed E-state index contributed by atoms with van der Waals surface area (Å²) in [6, 6.07) is 9.98. The smallest absolute Gasteiger partial charge is 0.267 e. The first-order chi connectivity index (χ1) is 13.9. The highest BCUT2D eigenvalue weighted by molar-refractivity contribution is 6.34. The van der Waals surface area contributed by atoms with Crippen molar-refractivity contribution in [3.63, 3.8) is 0 Å². The number of halogens is 2. The minimum Gasteiger partial charge on any atom is -0.324 e. The molecule has 0 unspecified atom stereocenters. The van der Waals surface area contributed by atoms with Crippen LogP contribution < -0.4 is 10.2 Å². The van der Waals surface area contributed by atoms with Crippen LogP contribution in [0.1, 0.15) is 33.2 Å². The van der Waals surface area contributed by atoms with Crippen LogP contribution in [0.5, 0.6) is 0 Å². The van der Waals surface area contributed by atoms with E-state index in [0.717, 1.165) is 17.0 Å². The van der Waals surface area contributed by atoms with E-state index >= 15 is 0 Å². The zero-order valence-corrected chi connectivity index (χ0v) is 15.1. The monoisotopic (exact) mass is 396 g/mol. The Morgan fingerprint density at radius 3 is 2.31 bits per heavy atom. The summed E-state index contributed by atoms with van der Waals surface area (Å²) < 4.78 is 29.9. The van der Waals surface area contributed by atoms with Crippen LogP contribution in [-0.4, -0.2) is 27.5 Å². The first kappa shape index (κ1) is 18.5. The molecule has 0 radical (unpaired) electrons. The number of hydrogen-bond donors (Lipinski definition) is 1. The lowest BCUT2D eigenvalue weighted by Gasteiger charge is -2.11. The van der Waals surface area contributed by atoms with Crippen molar-refractivity contribution in [2.75, 3.05) is 10.2 Å². The first-order valence-corrected chi connectivity index (χ1v) is 8.62. The number of nitrogens with zero attached hydrogens (tertiary/aromatic N) is 3. The van der Waals surface area contributed by atoms with Crippen molar-refractivity contribution < 1.29 is 23.2 Å². The molecule has 1 aliphatic heterocycles. The van der Waals surface area contributed by atoms with E-state index in [0.29, 0.717) is 0 Å². The topological polar surface area (TPSA) is 84.3 Å². The lowest BCUT2D eigenvalue weighted by atomic mass is 10.1. The van der Waals surface area contributed by atoms with Crippen LogP contribution in [0.3, 0.4) is 0 Å². The second kappa shape index (κ2) is 6.93. The van der Waals surface area contributed by atoms with Gasteiger partial charge in [-0.1, -0.05) is 12.1 Å². The molecular weight excluding hydrogens is 382 g/mol. The van der Waals surface area contributed by atoms with Gasteiger partial charge in [0.25, 0.3) is 11.8 Å². The number of fused-ring (bicyclic) bond motifs is 1. The molecule has 1 N–H and O–H groups in total. The second-order valence-corrected chi connectivity index (χ2v) is 6.43.